The third kappa shape index (κ3) is 3.91. The minimum absolute atomic E-state index is 0.0843. The van der Waals surface area contributed by atoms with Crippen LogP contribution < -0.4 is 0 Å². The number of carbonyl (C=O) groups excluding carboxylic acids is 3. The van der Waals surface area contributed by atoms with Crippen molar-refractivity contribution in [3.8, 4) is 0 Å². The first-order valence-electron chi connectivity index (χ1n) is 6.15. The number of rotatable bonds is 4. The topological polar surface area (TPSA) is 69.7 Å². The van der Waals surface area contributed by atoms with E-state index >= 15 is 0 Å². The minimum atomic E-state index is -0.719. The van der Waals surface area contributed by atoms with E-state index in [1.807, 2.05) is 0 Å². The summed E-state index contributed by atoms with van der Waals surface area (Å²) in [7, 11) is 1.23. The number of methoxy groups -OCH3 is 1. The van der Waals surface area contributed by atoms with Gasteiger partial charge >= 0.3 is 11.9 Å². The number of esters is 2. The highest BCUT2D eigenvalue weighted by Gasteiger charge is 2.24. The summed E-state index contributed by atoms with van der Waals surface area (Å²) in [4.78, 5) is 35.2. The van der Waals surface area contributed by atoms with Gasteiger partial charge in [-0.1, -0.05) is 32.9 Å². The van der Waals surface area contributed by atoms with Crippen molar-refractivity contribution in [2.45, 2.75) is 20.8 Å². The van der Waals surface area contributed by atoms with Crippen LogP contribution in [0.5, 0.6) is 0 Å². The van der Waals surface area contributed by atoms with Crippen molar-refractivity contribution >= 4 is 17.7 Å². The van der Waals surface area contributed by atoms with E-state index in [9.17, 15) is 14.4 Å². The molecule has 0 spiro atoms. The Morgan fingerprint density at radius 3 is 1.95 bits per heavy atom. The van der Waals surface area contributed by atoms with E-state index in [2.05, 4.69) is 4.74 Å². The number of hydrogen-bond acceptors (Lipinski definition) is 5. The minimum Gasteiger partial charge on any atom is -0.465 e. The normalized spacial score (nSPS) is 10.8. The second-order valence-electron chi connectivity index (χ2n) is 5.29. The van der Waals surface area contributed by atoms with Crippen LogP contribution >= 0.6 is 0 Å². The summed E-state index contributed by atoms with van der Waals surface area (Å²) in [5.41, 5.74) is -0.383. The van der Waals surface area contributed by atoms with E-state index < -0.39 is 17.4 Å². The van der Waals surface area contributed by atoms with Crippen molar-refractivity contribution < 1.29 is 23.9 Å². The van der Waals surface area contributed by atoms with Crippen LogP contribution in [0.2, 0.25) is 0 Å². The molecule has 0 unspecified atom stereocenters. The summed E-state index contributed by atoms with van der Waals surface area (Å²) in [5, 5.41) is 0. The van der Waals surface area contributed by atoms with Crippen LogP contribution in [-0.2, 0) is 14.3 Å². The molecule has 0 fully saturated rings. The zero-order chi connectivity index (χ0) is 15.3. The van der Waals surface area contributed by atoms with Gasteiger partial charge in [0.15, 0.2) is 12.4 Å². The van der Waals surface area contributed by atoms with Gasteiger partial charge in [-0.15, -0.1) is 0 Å². The molecule has 5 heteroatoms. The Balaban J connectivity index is 2.84. The number of Topliss-reactive ketones (excluding diaryl/α,β-unsaturated/α-hetero) is 1. The maximum absolute atomic E-state index is 11.9. The maximum atomic E-state index is 11.9. The first-order chi connectivity index (χ1) is 9.27. The average molecular weight is 278 g/mol. The molecule has 0 N–H and O–H groups in total. The molecule has 0 aliphatic rings. The first-order valence-corrected chi connectivity index (χ1v) is 6.15. The molecule has 5 nitrogen and oxygen atoms in total. The summed E-state index contributed by atoms with van der Waals surface area (Å²) in [5.74, 6) is -1.54. The van der Waals surface area contributed by atoms with Crippen molar-refractivity contribution in [1.82, 2.24) is 0 Å². The molecule has 0 amide bonds. The van der Waals surface area contributed by atoms with Crippen LogP contribution in [0.1, 0.15) is 41.5 Å². The first kappa shape index (κ1) is 15.9. The number of carbonyl (C=O) groups is 3. The van der Waals surface area contributed by atoms with Crippen molar-refractivity contribution in [2.75, 3.05) is 13.7 Å². The summed E-state index contributed by atoms with van der Waals surface area (Å²) < 4.78 is 9.55. The molecular weight excluding hydrogens is 260 g/mol. The van der Waals surface area contributed by atoms with Crippen molar-refractivity contribution in [3.05, 3.63) is 35.4 Å². The number of hydrogen-bond donors (Lipinski definition) is 0. The maximum Gasteiger partial charge on any atom is 0.339 e. The Labute approximate surface area is 117 Å². The van der Waals surface area contributed by atoms with E-state index in [1.165, 1.54) is 19.2 Å². The number of benzene rings is 1. The molecule has 1 aromatic rings. The van der Waals surface area contributed by atoms with Crippen molar-refractivity contribution in [1.29, 1.82) is 0 Å². The zero-order valence-electron chi connectivity index (χ0n) is 12.1. The molecule has 108 valence electrons. The lowest BCUT2D eigenvalue weighted by Crippen LogP contribution is -2.26. The molecule has 0 saturated heterocycles. The van der Waals surface area contributed by atoms with Crippen molar-refractivity contribution in [2.24, 2.45) is 5.41 Å². The second-order valence-corrected chi connectivity index (χ2v) is 5.29. The van der Waals surface area contributed by atoms with E-state index in [-0.39, 0.29) is 23.5 Å². The molecule has 1 rings (SSSR count). The van der Waals surface area contributed by atoms with Gasteiger partial charge in [0, 0.05) is 5.41 Å². The van der Waals surface area contributed by atoms with Crippen LogP contribution in [0.25, 0.3) is 0 Å². The lowest BCUT2D eigenvalue weighted by atomic mass is 9.91. The summed E-state index contributed by atoms with van der Waals surface area (Å²) in [6.07, 6.45) is 0. The number of ether oxygens (including phenoxy) is 2. The molecule has 0 heterocycles. The molecule has 0 radical (unpaired) electrons. The summed E-state index contributed by atoms with van der Waals surface area (Å²) in [6.45, 7) is 4.90. The Bertz CT molecular complexity index is 525. The van der Waals surface area contributed by atoms with E-state index in [1.54, 1.807) is 32.9 Å². The van der Waals surface area contributed by atoms with Gasteiger partial charge in [0.25, 0.3) is 0 Å². The molecule has 0 atom stereocenters. The largest absolute Gasteiger partial charge is 0.465 e. The SMILES string of the molecule is COC(=O)c1ccccc1C(=O)OCC(=O)C(C)(C)C. The molecule has 0 aromatic heterocycles. The number of ketones is 1. The predicted octanol–water partition coefficient (Wildman–Crippen LogP) is 2.25. The summed E-state index contributed by atoms with van der Waals surface area (Å²) in [6, 6.07) is 6.14. The van der Waals surface area contributed by atoms with Crippen LogP contribution in [0, 0.1) is 5.41 Å². The van der Waals surface area contributed by atoms with E-state index in [4.69, 9.17) is 4.74 Å². The van der Waals surface area contributed by atoms with Gasteiger partial charge in [-0.3, -0.25) is 4.79 Å². The van der Waals surface area contributed by atoms with Gasteiger partial charge in [-0.2, -0.15) is 0 Å². The smallest absolute Gasteiger partial charge is 0.339 e. The van der Waals surface area contributed by atoms with E-state index in [0.29, 0.717) is 0 Å². The predicted molar refractivity (Wildman–Crippen MR) is 72.5 cm³/mol. The van der Waals surface area contributed by atoms with Gasteiger partial charge in [0.05, 0.1) is 18.2 Å². The molecule has 1 aromatic carbocycles. The van der Waals surface area contributed by atoms with Crippen LogP contribution in [0.4, 0.5) is 0 Å². The molecule has 0 aliphatic carbocycles. The Morgan fingerprint density at radius 2 is 1.50 bits per heavy atom. The Kier molecular flexibility index (Phi) is 5.02. The Hall–Kier alpha value is -2.17. The standard InChI is InChI=1S/C15H18O5/c1-15(2,3)12(16)9-20-14(18)11-8-6-5-7-10(11)13(17)19-4/h5-8H,9H2,1-4H3. The summed E-state index contributed by atoms with van der Waals surface area (Å²) >= 11 is 0. The highest BCUT2D eigenvalue weighted by atomic mass is 16.5. The van der Waals surface area contributed by atoms with Crippen LogP contribution in [0.3, 0.4) is 0 Å². The lowest BCUT2D eigenvalue weighted by molar-refractivity contribution is -0.129. The quantitative estimate of drug-likeness (QED) is 0.790. The zero-order valence-corrected chi connectivity index (χ0v) is 12.1. The third-order valence-corrected chi connectivity index (χ3v) is 2.72. The fraction of sp³-hybridized carbons (Fsp3) is 0.400. The van der Waals surface area contributed by atoms with Gasteiger partial charge in [0.2, 0.25) is 0 Å². The second kappa shape index (κ2) is 6.32. The van der Waals surface area contributed by atoms with Gasteiger partial charge in [-0.25, -0.2) is 9.59 Å². The van der Waals surface area contributed by atoms with Gasteiger partial charge < -0.3 is 9.47 Å². The fourth-order valence-electron chi connectivity index (χ4n) is 1.37. The van der Waals surface area contributed by atoms with Crippen LogP contribution in [0.15, 0.2) is 24.3 Å². The molecule has 20 heavy (non-hydrogen) atoms. The van der Waals surface area contributed by atoms with Crippen molar-refractivity contribution in [3.63, 3.8) is 0 Å². The van der Waals surface area contributed by atoms with Crippen LogP contribution in [-0.4, -0.2) is 31.4 Å². The average Bonchev–Trinajstić information content (AvgIpc) is 2.42. The fourth-order valence-corrected chi connectivity index (χ4v) is 1.37. The van der Waals surface area contributed by atoms with Gasteiger partial charge in [0.1, 0.15) is 0 Å². The third-order valence-electron chi connectivity index (χ3n) is 2.72. The monoisotopic (exact) mass is 278 g/mol. The Morgan fingerprint density at radius 1 is 1.00 bits per heavy atom. The lowest BCUT2D eigenvalue weighted by Gasteiger charge is -2.16. The molecule has 0 saturated carbocycles. The molecular formula is C15H18O5. The van der Waals surface area contributed by atoms with E-state index in [0.717, 1.165) is 0 Å². The molecule has 0 aliphatic heterocycles. The van der Waals surface area contributed by atoms with Gasteiger partial charge in [-0.05, 0) is 12.1 Å². The highest BCUT2D eigenvalue weighted by molar-refractivity contribution is 6.03. The molecule has 0 bridgehead atoms. The highest BCUT2D eigenvalue weighted by Crippen LogP contribution is 2.16.